The number of hydrogen-bond donors (Lipinski definition) is 0. The Balaban J connectivity index is 2.26. The van der Waals surface area contributed by atoms with Crippen molar-refractivity contribution in [2.75, 3.05) is 6.67 Å². The van der Waals surface area contributed by atoms with Crippen LogP contribution in [0.3, 0.4) is 0 Å². The van der Waals surface area contributed by atoms with Crippen LogP contribution in [0.4, 0.5) is 17.6 Å². The minimum atomic E-state index is -4.44. The van der Waals surface area contributed by atoms with Crippen LogP contribution in [0.1, 0.15) is 17.7 Å². The predicted octanol–water partition coefficient (Wildman–Crippen LogP) is 4.07. The standard InChI is InChI=1S/C12H12F4N2S/c1-18-9(6-11(17-18)12(14,15)16)10-5-8(7-19-10)3-2-4-13/h5-7H,2-4H2,1H3. The lowest BCUT2D eigenvalue weighted by atomic mass is 10.2. The average Bonchev–Trinajstić information content (AvgIpc) is 2.91. The second kappa shape index (κ2) is 5.32. The van der Waals surface area contributed by atoms with Gasteiger partial charge in [-0.15, -0.1) is 11.3 Å². The van der Waals surface area contributed by atoms with E-state index >= 15 is 0 Å². The molecular formula is C12H12F4N2S. The van der Waals surface area contributed by atoms with Gasteiger partial charge in [0, 0.05) is 7.05 Å². The van der Waals surface area contributed by atoms with Crippen LogP contribution in [0.15, 0.2) is 17.5 Å². The smallest absolute Gasteiger partial charge is 0.267 e. The molecule has 0 spiro atoms. The van der Waals surface area contributed by atoms with E-state index in [0.29, 0.717) is 23.4 Å². The molecule has 2 heterocycles. The molecule has 0 atom stereocenters. The van der Waals surface area contributed by atoms with Crippen molar-refractivity contribution in [3.63, 3.8) is 0 Å². The van der Waals surface area contributed by atoms with Crippen LogP contribution in [0.2, 0.25) is 0 Å². The molecule has 0 aliphatic rings. The number of aryl methyl sites for hydroxylation is 2. The van der Waals surface area contributed by atoms with Crippen LogP contribution in [-0.4, -0.2) is 16.5 Å². The molecule has 19 heavy (non-hydrogen) atoms. The fourth-order valence-electron chi connectivity index (χ4n) is 1.75. The molecular weight excluding hydrogens is 280 g/mol. The minimum Gasteiger partial charge on any atom is -0.267 e. The molecule has 0 unspecified atom stereocenters. The number of aromatic nitrogens is 2. The van der Waals surface area contributed by atoms with E-state index in [0.717, 1.165) is 11.6 Å². The largest absolute Gasteiger partial charge is 0.435 e. The Morgan fingerprint density at radius 1 is 1.32 bits per heavy atom. The van der Waals surface area contributed by atoms with Crippen molar-refractivity contribution in [1.82, 2.24) is 9.78 Å². The molecule has 0 fully saturated rings. The maximum absolute atomic E-state index is 12.6. The number of rotatable bonds is 4. The third-order valence-electron chi connectivity index (χ3n) is 2.68. The Morgan fingerprint density at radius 2 is 2.05 bits per heavy atom. The molecule has 0 aliphatic carbocycles. The zero-order valence-electron chi connectivity index (χ0n) is 10.2. The Labute approximate surface area is 111 Å². The molecule has 7 heteroatoms. The Bertz CT molecular complexity index is 556. The van der Waals surface area contributed by atoms with Crippen molar-refractivity contribution in [1.29, 1.82) is 0 Å². The zero-order chi connectivity index (χ0) is 14.0. The van der Waals surface area contributed by atoms with Crippen LogP contribution in [0, 0.1) is 0 Å². The summed E-state index contributed by atoms with van der Waals surface area (Å²) in [6, 6.07) is 2.82. The molecule has 2 aromatic heterocycles. The fraction of sp³-hybridized carbons (Fsp3) is 0.417. The molecule has 0 bridgehead atoms. The molecule has 2 aromatic rings. The molecule has 0 saturated heterocycles. The number of nitrogens with zero attached hydrogens (tertiary/aromatic N) is 2. The van der Waals surface area contributed by atoms with E-state index in [2.05, 4.69) is 5.10 Å². The maximum atomic E-state index is 12.6. The summed E-state index contributed by atoms with van der Waals surface area (Å²) in [5.74, 6) is 0. The summed E-state index contributed by atoms with van der Waals surface area (Å²) in [5, 5.41) is 5.31. The second-order valence-corrected chi connectivity index (χ2v) is 5.06. The molecule has 0 aliphatic heterocycles. The number of alkyl halides is 4. The highest BCUT2D eigenvalue weighted by atomic mass is 32.1. The van der Waals surface area contributed by atoms with E-state index in [9.17, 15) is 17.6 Å². The van der Waals surface area contributed by atoms with Gasteiger partial charge in [-0.05, 0) is 35.9 Å². The Morgan fingerprint density at radius 3 is 2.63 bits per heavy atom. The summed E-state index contributed by atoms with van der Waals surface area (Å²) in [6.07, 6.45) is -3.42. The minimum absolute atomic E-state index is 0.394. The molecule has 2 nitrogen and oxygen atoms in total. The first-order valence-corrected chi connectivity index (χ1v) is 6.55. The molecule has 0 saturated carbocycles. The molecule has 0 aromatic carbocycles. The first-order valence-electron chi connectivity index (χ1n) is 5.67. The fourth-order valence-corrected chi connectivity index (χ4v) is 2.74. The molecule has 2 rings (SSSR count). The van der Waals surface area contributed by atoms with Gasteiger partial charge in [-0.2, -0.15) is 18.3 Å². The normalized spacial score (nSPS) is 12.1. The number of halogens is 4. The lowest BCUT2D eigenvalue weighted by Gasteiger charge is -1.98. The van der Waals surface area contributed by atoms with Crippen molar-refractivity contribution in [2.24, 2.45) is 7.05 Å². The summed E-state index contributed by atoms with van der Waals surface area (Å²) in [7, 11) is 1.48. The van der Waals surface area contributed by atoms with Gasteiger partial charge in [-0.1, -0.05) is 0 Å². The first-order chi connectivity index (χ1) is 8.91. The number of thiophene rings is 1. The monoisotopic (exact) mass is 292 g/mol. The van der Waals surface area contributed by atoms with E-state index in [1.165, 1.54) is 23.1 Å². The van der Waals surface area contributed by atoms with Crippen LogP contribution >= 0.6 is 11.3 Å². The topological polar surface area (TPSA) is 17.8 Å². The lowest BCUT2D eigenvalue weighted by molar-refractivity contribution is -0.141. The summed E-state index contributed by atoms with van der Waals surface area (Å²) in [5.41, 5.74) is 0.458. The third kappa shape index (κ3) is 3.15. The van der Waals surface area contributed by atoms with Crippen molar-refractivity contribution in [3.05, 3.63) is 28.8 Å². The number of hydrogen-bond acceptors (Lipinski definition) is 2. The summed E-state index contributed by atoms with van der Waals surface area (Å²) >= 11 is 1.34. The molecule has 104 valence electrons. The second-order valence-electron chi connectivity index (χ2n) is 4.15. The van der Waals surface area contributed by atoms with Gasteiger partial charge in [-0.3, -0.25) is 9.07 Å². The molecule has 0 amide bonds. The van der Waals surface area contributed by atoms with Gasteiger partial charge in [0.15, 0.2) is 5.69 Å². The first kappa shape index (κ1) is 14.0. The van der Waals surface area contributed by atoms with Gasteiger partial charge in [0.05, 0.1) is 17.2 Å². The highest BCUT2D eigenvalue weighted by molar-refractivity contribution is 7.13. The van der Waals surface area contributed by atoms with Gasteiger partial charge in [-0.25, -0.2) is 0 Å². The average molecular weight is 292 g/mol. The van der Waals surface area contributed by atoms with Crippen LogP contribution in [-0.2, 0) is 19.6 Å². The van der Waals surface area contributed by atoms with E-state index in [-0.39, 0.29) is 0 Å². The van der Waals surface area contributed by atoms with E-state index in [1.54, 1.807) is 6.07 Å². The van der Waals surface area contributed by atoms with Gasteiger partial charge in [0.2, 0.25) is 0 Å². The van der Waals surface area contributed by atoms with E-state index < -0.39 is 18.5 Å². The van der Waals surface area contributed by atoms with Gasteiger partial charge in [0.1, 0.15) is 0 Å². The van der Waals surface area contributed by atoms with Crippen molar-refractivity contribution in [2.45, 2.75) is 19.0 Å². The van der Waals surface area contributed by atoms with Crippen LogP contribution < -0.4 is 0 Å². The SMILES string of the molecule is Cn1nc(C(F)(F)F)cc1-c1cc(CCCF)cs1. The van der Waals surface area contributed by atoms with E-state index in [4.69, 9.17) is 0 Å². The van der Waals surface area contributed by atoms with E-state index in [1.807, 2.05) is 5.38 Å². The van der Waals surface area contributed by atoms with Crippen molar-refractivity contribution >= 4 is 11.3 Å². The summed E-state index contributed by atoms with van der Waals surface area (Å²) < 4.78 is 51.0. The quantitative estimate of drug-likeness (QED) is 0.777. The van der Waals surface area contributed by atoms with Crippen LogP contribution in [0.25, 0.3) is 10.6 Å². The highest BCUT2D eigenvalue weighted by Crippen LogP contribution is 2.33. The maximum Gasteiger partial charge on any atom is 0.435 e. The Hall–Kier alpha value is -1.37. The van der Waals surface area contributed by atoms with Crippen LogP contribution in [0.5, 0.6) is 0 Å². The van der Waals surface area contributed by atoms with Crippen molar-refractivity contribution < 1.29 is 17.6 Å². The highest BCUT2D eigenvalue weighted by Gasteiger charge is 2.34. The van der Waals surface area contributed by atoms with Gasteiger partial charge in [0.25, 0.3) is 0 Å². The van der Waals surface area contributed by atoms with Crippen molar-refractivity contribution in [3.8, 4) is 10.6 Å². The molecule has 0 radical (unpaired) electrons. The third-order valence-corrected chi connectivity index (χ3v) is 3.68. The zero-order valence-corrected chi connectivity index (χ0v) is 11.0. The summed E-state index contributed by atoms with van der Waals surface area (Å²) in [4.78, 5) is 0.708. The predicted molar refractivity (Wildman–Crippen MR) is 65.8 cm³/mol. The molecule has 0 N–H and O–H groups in total. The summed E-state index contributed by atoms with van der Waals surface area (Å²) in [6.45, 7) is -0.394. The lowest BCUT2D eigenvalue weighted by Crippen LogP contribution is -2.06. The Kier molecular flexibility index (Phi) is 3.93. The van der Waals surface area contributed by atoms with Gasteiger partial charge >= 0.3 is 6.18 Å². The van der Waals surface area contributed by atoms with Gasteiger partial charge < -0.3 is 0 Å².